The number of nitrogens with one attached hydrogen (secondary N) is 1. The largest absolute Gasteiger partial charge is 0.494 e. The number of pyridine rings is 1. The van der Waals surface area contributed by atoms with Gasteiger partial charge in [0.2, 0.25) is 0 Å². The number of aryl methyl sites for hydroxylation is 2. The zero-order chi connectivity index (χ0) is 18.0. The van der Waals surface area contributed by atoms with Gasteiger partial charge in [0.05, 0.1) is 6.61 Å². The highest BCUT2D eigenvalue weighted by Crippen LogP contribution is 2.29. The Morgan fingerprint density at radius 3 is 2.72 bits per heavy atom. The lowest BCUT2D eigenvalue weighted by molar-refractivity contribution is 0.101. The third-order valence-electron chi connectivity index (χ3n) is 4.10. The third kappa shape index (κ3) is 3.39. The van der Waals surface area contributed by atoms with Crippen LogP contribution in [-0.2, 0) is 6.54 Å². The number of ether oxygens (including phenoxy) is 1. The van der Waals surface area contributed by atoms with E-state index in [1.807, 2.05) is 49.6 Å². The molecule has 3 rings (SSSR count). The van der Waals surface area contributed by atoms with Gasteiger partial charge in [0.15, 0.2) is 0 Å². The van der Waals surface area contributed by atoms with Crippen molar-refractivity contribution < 1.29 is 9.53 Å². The summed E-state index contributed by atoms with van der Waals surface area (Å²) >= 11 is 3.34. The quantitative estimate of drug-likeness (QED) is 0.669. The Bertz CT molecular complexity index is 917. The van der Waals surface area contributed by atoms with Gasteiger partial charge in [-0.3, -0.25) is 4.79 Å². The van der Waals surface area contributed by atoms with Gasteiger partial charge in [-0.05, 0) is 72.6 Å². The number of aromatic nitrogens is 2. The van der Waals surface area contributed by atoms with Crippen LogP contribution in [0.1, 0.15) is 29.9 Å². The molecule has 0 aliphatic rings. The van der Waals surface area contributed by atoms with Crippen LogP contribution in [0.3, 0.4) is 0 Å². The standard InChI is InChI=1S/C19H20BrN3O2/c1-4-23-16-8-7-14(25-5-2)10-15(16)12(3)18(23)19(24)22-17-9-6-13(20)11-21-17/h6-11H,4-5H2,1-3H3,(H,21,22,24). The van der Waals surface area contributed by atoms with E-state index in [-0.39, 0.29) is 5.91 Å². The van der Waals surface area contributed by atoms with E-state index in [0.717, 1.165) is 26.7 Å². The summed E-state index contributed by atoms with van der Waals surface area (Å²) in [6, 6.07) is 9.55. The first-order chi connectivity index (χ1) is 12.0. The Kier molecular flexibility index (Phi) is 5.08. The monoisotopic (exact) mass is 401 g/mol. The average Bonchev–Trinajstić information content (AvgIpc) is 2.89. The van der Waals surface area contributed by atoms with Gasteiger partial charge in [0, 0.05) is 28.1 Å². The minimum absolute atomic E-state index is 0.164. The second-order valence-electron chi connectivity index (χ2n) is 5.65. The molecule has 3 aromatic rings. The summed E-state index contributed by atoms with van der Waals surface area (Å²) in [6.07, 6.45) is 1.66. The van der Waals surface area contributed by atoms with Gasteiger partial charge in [0.25, 0.3) is 5.91 Å². The summed E-state index contributed by atoms with van der Waals surface area (Å²) in [5, 5.41) is 3.91. The number of hydrogen-bond acceptors (Lipinski definition) is 3. The maximum atomic E-state index is 12.9. The third-order valence-corrected chi connectivity index (χ3v) is 4.57. The molecule has 130 valence electrons. The molecule has 0 bridgehead atoms. The number of amides is 1. The Balaban J connectivity index is 2.03. The fourth-order valence-electron chi connectivity index (χ4n) is 3.00. The number of anilines is 1. The number of rotatable bonds is 5. The van der Waals surface area contributed by atoms with Crippen LogP contribution in [0.2, 0.25) is 0 Å². The Hall–Kier alpha value is -2.34. The van der Waals surface area contributed by atoms with E-state index < -0.39 is 0 Å². The van der Waals surface area contributed by atoms with Gasteiger partial charge in [-0.25, -0.2) is 4.98 Å². The number of carbonyl (C=O) groups excluding carboxylic acids is 1. The number of carbonyl (C=O) groups is 1. The fourth-order valence-corrected chi connectivity index (χ4v) is 3.24. The predicted octanol–water partition coefficient (Wildman–Crippen LogP) is 4.78. The molecule has 1 amide bonds. The predicted molar refractivity (Wildman–Crippen MR) is 103 cm³/mol. The molecule has 0 spiro atoms. The first kappa shape index (κ1) is 17.5. The number of benzene rings is 1. The van der Waals surface area contributed by atoms with Crippen LogP contribution in [0.15, 0.2) is 41.0 Å². The van der Waals surface area contributed by atoms with E-state index in [0.29, 0.717) is 24.7 Å². The number of nitrogens with zero attached hydrogens (tertiary/aromatic N) is 2. The molecule has 1 aromatic carbocycles. The minimum Gasteiger partial charge on any atom is -0.494 e. The van der Waals surface area contributed by atoms with Crippen molar-refractivity contribution in [1.82, 2.24) is 9.55 Å². The Morgan fingerprint density at radius 1 is 1.28 bits per heavy atom. The number of fused-ring (bicyclic) bond motifs is 1. The molecule has 2 aromatic heterocycles. The first-order valence-electron chi connectivity index (χ1n) is 8.23. The van der Waals surface area contributed by atoms with E-state index in [9.17, 15) is 4.79 Å². The molecular weight excluding hydrogens is 382 g/mol. The molecule has 6 heteroatoms. The summed E-state index contributed by atoms with van der Waals surface area (Å²) in [7, 11) is 0. The molecule has 0 aliphatic heterocycles. The van der Waals surface area contributed by atoms with E-state index in [4.69, 9.17) is 4.74 Å². The SMILES string of the molecule is CCOc1ccc2c(c1)c(C)c(C(=O)Nc1ccc(Br)cn1)n2CC. The second-order valence-corrected chi connectivity index (χ2v) is 6.56. The molecule has 2 heterocycles. The molecule has 0 saturated heterocycles. The molecule has 0 unspecified atom stereocenters. The van der Waals surface area contributed by atoms with Crippen molar-refractivity contribution in [2.45, 2.75) is 27.3 Å². The zero-order valence-electron chi connectivity index (χ0n) is 14.5. The lowest BCUT2D eigenvalue weighted by Crippen LogP contribution is -2.18. The molecule has 0 aliphatic carbocycles. The molecular formula is C19H20BrN3O2. The van der Waals surface area contributed by atoms with Crippen LogP contribution in [-0.4, -0.2) is 22.1 Å². The first-order valence-corrected chi connectivity index (χ1v) is 9.03. The maximum absolute atomic E-state index is 12.9. The summed E-state index contributed by atoms with van der Waals surface area (Å²) in [6.45, 7) is 7.27. The van der Waals surface area contributed by atoms with Gasteiger partial charge in [-0.15, -0.1) is 0 Å². The molecule has 0 atom stereocenters. The molecule has 0 saturated carbocycles. The summed E-state index contributed by atoms with van der Waals surface area (Å²) < 4.78 is 8.49. The Labute approximate surface area is 155 Å². The Morgan fingerprint density at radius 2 is 2.08 bits per heavy atom. The molecule has 1 N–H and O–H groups in total. The molecule has 0 fully saturated rings. The van der Waals surface area contributed by atoms with Gasteiger partial charge in [0.1, 0.15) is 17.3 Å². The van der Waals surface area contributed by atoms with Crippen molar-refractivity contribution in [3.8, 4) is 5.75 Å². The minimum atomic E-state index is -0.164. The number of hydrogen-bond donors (Lipinski definition) is 1. The molecule has 5 nitrogen and oxygen atoms in total. The van der Waals surface area contributed by atoms with Crippen LogP contribution in [0, 0.1) is 6.92 Å². The average molecular weight is 402 g/mol. The van der Waals surface area contributed by atoms with Gasteiger partial charge in [-0.2, -0.15) is 0 Å². The van der Waals surface area contributed by atoms with E-state index in [1.165, 1.54) is 0 Å². The van der Waals surface area contributed by atoms with Crippen LogP contribution >= 0.6 is 15.9 Å². The second kappa shape index (κ2) is 7.27. The molecule has 0 radical (unpaired) electrons. The van der Waals surface area contributed by atoms with Gasteiger partial charge in [-0.1, -0.05) is 0 Å². The summed E-state index contributed by atoms with van der Waals surface area (Å²) in [5.74, 6) is 1.17. The highest BCUT2D eigenvalue weighted by atomic mass is 79.9. The van der Waals surface area contributed by atoms with E-state index in [1.54, 1.807) is 12.3 Å². The lowest BCUT2D eigenvalue weighted by atomic mass is 10.1. The molecule has 25 heavy (non-hydrogen) atoms. The van der Waals surface area contributed by atoms with Gasteiger partial charge >= 0.3 is 0 Å². The van der Waals surface area contributed by atoms with Crippen LogP contribution in [0.25, 0.3) is 10.9 Å². The van der Waals surface area contributed by atoms with E-state index in [2.05, 4.69) is 26.2 Å². The van der Waals surface area contributed by atoms with Crippen molar-refractivity contribution in [2.24, 2.45) is 0 Å². The fraction of sp³-hybridized carbons (Fsp3) is 0.263. The summed E-state index contributed by atoms with van der Waals surface area (Å²) in [4.78, 5) is 17.1. The highest BCUT2D eigenvalue weighted by molar-refractivity contribution is 9.10. The van der Waals surface area contributed by atoms with Crippen LogP contribution in [0.5, 0.6) is 5.75 Å². The van der Waals surface area contributed by atoms with Gasteiger partial charge < -0.3 is 14.6 Å². The van der Waals surface area contributed by atoms with Crippen LogP contribution in [0.4, 0.5) is 5.82 Å². The van der Waals surface area contributed by atoms with Crippen molar-refractivity contribution in [3.63, 3.8) is 0 Å². The van der Waals surface area contributed by atoms with E-state index >= 15 is 0 Å². The van der Waals surface area contributed by atoms with Crippen molar-refractivity contribution in [1.29, 1.82) is 0 Å². The zero-order valence-corrected chi connectivity index (χ0v) is 16.1. The van der Waals surface area contributed by atoms with Crippen molar-refractivity contribution >= 4 is 38.6 Å². The lowest BCUT2D eigenvalue weighted by Gasteiger charge is -2.09. The normalized spacial score (nSPS) is 10.9. The van der Waals surface area contributed by atoms with Crippen molar-refractivity contribution in [3.05, 3.63) is 52.3 Å². The number of halogens is 1. The smallest absolute Gasteiger partial charge is 0.273 e. The summed E-state index contributed by atoms with van der Waals surface area (Å²) in [5.41, 5.74) is 2.61. The van der Waals surface area contributed by atoms with Crippen molar-refractivity contribution in [2.75, 3.05) is 11.9 Å². The topological polar surface area (TPSA) is 56.1 Å². The highest BCUT2D eigenvalue weighted by Gasteiger charge is 2.20. The van der Waals surface area contributed by atoms with Crippen LogP contribution < -0.4 is 10.1 Å². The maximum Gasteiger partial charge on any atom is 0.273 e.